The Kier molecular flexibility index (Phi) is 9.26. The predicted molar refractivity (Wildman–Crippen MR) is 186 cm³/mol. The minimum atomic E-state index is -0.784. The second kappa shape index (κ2) is 13.7. The SMILES string of the molecule is CCN(CC)C(=O)C1=C(C)N=c2s/c(=C/c3c(OCc4ccccc4)ccc4ccccc34)c(=O)n2[C@@H]1c1cc(OC)ccc1OC. The van der Waals surface area contributed by atoms with Crippen LogP contribution in [0.5, 0.6) is 17.2 Å². The van der Waals surface area contributed by atoms with Gasteiger partial charge < -0.3 is 19.1 Å². The Morgan fingerprint density at radius 1 is 0.936 bits per heavy atom. The van der Waals surface area contributed by atoms with E-state index in [9.17, 15) is 9.59 Å². The van der Waals surface area contributed by atoms with E-state index in [4.69, 9.17) is 19.2 Å². The highest BCUT2D eigenvalue weighted by molar-refractivity contribution is 7.07. The summed E-state index contributed by atoms with van der Waals surface area (Å²) in [6, 6.07) is 26.6. The number of hydrogen-bond donors (Lipinski definition) is 0. The molecule has 1 aliphatic rings. The van der Waals surface area contributed by atoms with E-state index in [1.54, 1.807) is 35.8 Å². The number of benzene rings is 4. The standard InChI is InChI=1S/C38H37N3O5S/c1-6-40(7-2)37(43)34-24(3)39-38-41(35(34)30-21-27(44-4)18-20-31(30)45-5)36(42)33(47-38)22-29-28-16-12-11-15-26(28)17-19-32(29)46-23-25-13-9-8-10-14-25/h8-22,35H,6-7,23H2,1-5H3/b33-22+/t35-/m1/s1. The van der Waals surface area contributed by atoms with Crippen LogP contribution in [-0.2, 0) is 11.4 Å². The number of amides is 1. The zero-order chi connectivity index (χ0) is 33.1. The number of fused-ring (bicyclic) bond motifs is 2. The lowest BCUT2D eigenvalue weighted by Gasteiger charge is -2.30. The molecule has 0 unspecified atom stereocenters. The Morgan fingerprint density at radius 2 is 1.66 bits per heavy atom. The van der Waals surface area contributed by atoms with Crippen LogP contribution in [-0.4, -0.2) is 42.7 Å². The molecule has 0 spiro atoms. The van der Waals surface area contributed by atoms with Crippen LogP contribution in [0.4, 0.5) is 0 Å². The Balaban J connectivity index is 1.58. The number of thiazole rings is 1. The lowest BCUT2D eigenvalue weighted by Crippen LogP contribution is -2.43. The fraction of sp³-hybridized carbons (Fsp3) is 0.237. The summed E-state index contributed by atoms with van der Waals surface area (Å²) in [5.41, 5.74) is 3.20. The van der Waals surface area contributed by atoms with Gasteiger partial charge in [0.1, 0.15) is 29.9 Å². The van der Waals surface area contributed by atoms with Gasteiger partial charge in [0.25, 0.3) is 11.5 Å². The number of methoxy groups -OCH3 is 2. The molecule has 0 saturated carbocycles. The molecule has 0 radical (unpaired) electrons. The Morgan fingerprint density at radius 3 is 2.38 bits per heavy atom. The van der Waals surface area contributed by atoms with Gasteiger partial charge in [-0.3, -0.25) is 14.2 Å². The Bertz CT molecular complexity index is 2160. The van der Waals surface area contributed by atoms with Crippen molar-refractivity contribution in [3.63, 3.8) is 0 Å². The zero-order valence-electron chi connectivity index (χ0n) is 27.2. The molecule has 240 valence electrons. The third kappa shape index (κ3) is 6.06. The molecule has 1 amide bonds. The van der Waals surface area contributed by atoms with E-state index < -0.39 is 6.04 Å². The topological polar surface area (TPSA) is 82.4 Å². The molecule has 6 rings (SSSR count). The molecule has 0 aliphatic carbocycles. The molecule has 1 atom stereocenters. The van der Waals surface area contributed by atoms with Crippen molar-refractivity contribution >= 4 is 34.1 Å². The zero-order valence-corrected chi connectivity index (χ0v) is 28.0. The molecule has 5 aromatic rings. The van der Waals surface area contributed by atoms with Gasteiger partial charge in [-0.25, -0.2) is 4.99 Å². The van der Waals surface area contributed by atoms with Crippen LogP contribution in [0.15, 0.2) is 106 Å². The lowest BCUT2D eigenvalue weighted by molar-refractivity contribution is -0.127. The van der Waals surface area contributed by atoms with Gasteiger partial charge in [0, 0.05) is 24.2 Å². The number of carbonyl (C=O) groups is 1. The first-order chi connectivity index (χ1) is 22.9. The van der Waals surface area contributed by atoms with Gasteiger partial charge in [0.15, 0.2) is 4.80 Å². The van der Waals surface area contributed by atoms with Crippen molar-refractivity contribution in [1.82, 2.24) is 9.47 Å². The molecule has 0 bridgehead atoms. The van der Waals surface area contributed by atoms with Crippen molar-refractivity contribution in [2.75, 3.05) is 27.3 Å². The maximum absolute atomic E-state index is 14.6. The first-order valence-electron chi connectivity index (χ1n) is 15.6. The number of nitrogens with zero attached hydrogens (tertiary/aromatic N) is 3. The maximum atomic E-state index is 14.6. The van der Waals surface area contributed by atoms with Crippen molar-refractivity contribution in [2.24, 2.45) is 4.99 Å². The fourth-order valence-corrected chi connectivity index (χ4v) is 7.07. The van der Waals surface area contributed by atoms with Gasteiger partial charge in [0.05, 0.1) is 30.0 Å². The highest BCUT2D eigenvalue weighted by Gasteiger charge is 2.36. The van der Waals surface area contributed by atoms with E-state index in [0.29, 0.717) is 63.1 Å². The van der Waals surface area contributed by atoms with E-state index in [-0.39, 0.29) is 11.5 Å². The molecule has 0 saturated heterocycles. The van der Waals surface area contributed by atoms with E-state index in [0.717, 1.165) is 21.9 Å². The first kappa shape index (κ1) is 31.8. The van der Waals surface area contributed by atoms with Gasteiger partial charge in [-0.2, -0.15) is 0 Å². The average molecular weight is 648 g/mol. The number of allylic oxidation sites excluding steroid dienone is 1. The molecule has 1 aliphatic heterocycles. The minimum absolute atomic E-state index is 0.175. The van der Waals surface area contributed by atoms with Crippen molar-refractivity contribution in [3.05, 3.63) is 133 Å². The van der Waals surface area contributed by atoms with Crippen LogP contribution in [0, 0.1) is 0 Å². The fourth-order valence-electron chi connectivity index (χ4n) is 6.04. The maximum Gasteiger partial charge on any atom is 0.271 e. The molecule has 0 N–H and O–H groups in total. The summed E-state index contributed by atoms with van der Waals surface area (Å²) < 4.78 is 19.8. The number of aromatic nitrogens is 1. The average Bonchev–Trinajstić information content (AvgIpc) is 3.41. The second-order valence-electron chi connectivity index (χ2n) is 11.1. The van der Waals surface area contributed by atoms with Crippen molar-refractivity contribution in [3.8, 4) is 17.2 Å². The van der Waals surface area contributed by atoms with Crippen LogP contribution in [0.25, 0.3) is 16.8 Å². The minimum Gasteiger partial charge on any atom is -0.497 e. The molecule has 1 aromatic heterocycles. The molecule has 0 fully saturated rings. The van der Waals surface area contributed by atoms with Crippen LogP contribution < -0.4 is 29.1 Å². The summed E-state index contributed by atoms with van der Waals surface area (Å²) in [4.78, 5) is 35.8. The van der Waals surface area contributed by atoms with E-state index in [1.165, 1.54) is 11.3 Å². The number of ether oxygens (including phenoxy) is 3. The van der Waals surface area contributed by atoms with Crippen LogP contribution in [0.2, 0.25) is 0 Å². The Hall–Kier alpha value is -5.15. The molecule has 4 aromatic carbocycles. The quantitative estimate of drug-likeness (QED) is 0.190. The van der Waals surface area contributed by atoms with Crippen LogP contribution >= 0.6 is 11.3 Å². The number of likely N-dealkylation sites (N-methyl/N-ethyl adjacent to an activating group) is 1. The van der Waals surface area contributed by atoms with E-state index in [2.05, 4.69) is 0 Å². The monoisotopic (exact) mass is 647 g/mol. The van der Waals surface area contributed by atoms with Crippen molar-refractivity contribution in [2.45, 2.75) is 33.4 Å². The van der Waals surface area contributed by atoms with Gasteiger partial charge in [-0.15, -0.1) is 0 Å². The van der Waals surface area contributed by atoms with E-state index in [1.807, 2.05) is 99.6 Å². The smallest absolute Gasteiger partial charge is 0.271 e. The summed E-state index contributed by atoms with van der Waals surface area (Å²) in [5, 5.41) is 1.99. The van der Waals surface area contributed by atoms with Crippen LogP contribution in [0.1, 0.15) is 43.5 Å². The molecule has 2 heterocycles. The first-order valence-corrected chi connectivity index (χ1v) is 16.4. The van der Waals surface area contributed by atoms with Crippen molar-refractivity contribution < 1.29 is 19.0 Å². The molecule has 47 heavy (non-hydrogen) atoms. The molecular weight excluding hydrogens is 611 g/mol. The summed E-state index contributed by atoms with van der Waals surface area (Å²) in [7, 11) is 3.16. The van der Waals surface area contributed by atoms with E-state index >= 15 is 0 Å². The van der Waals surface area contributed by atoms with Crippen LogP contribution in [0.3, 0.4) is 0 Å². The van der Waals surface area contributed by atoms with Gasteiger partial charge in [-0.05, 0) is 67.4 Å². The lowest BCUT2D eigenvalue weighted by atomic mass is 9.93. The number of rotatable bonds is 10. The summed E-state index contributed by atoms with van der Waals surface area (Å²) in [5.74, 6) is 1.61. The third-order valence-electron chi connectivity index (χ3n) is 8.48. The second-order valence-corrected chi connectivity index (χ2v) is 12.1. The Labute approximate surface area is 277 Å². The highest BCUT2D eigenvalue weighted by atomic mass is 32.1. The summed E-state index contributed by atoms with van der Waals surface area (Å²) in [6.45, 7) is 7.13. The third-order valence-corrected chi connectivity index (χ3v) is 9.46. The van der Waals surface area contributed by atoms with Gasteiger partial charge in [-0.1, -0.05) is 72.0 Å². The number of hydrogen-bond acceptors (Lipinski definition) is 7. The van der Waals surface area contributed by atoms with Gasteiger partial charge in [0.2, 0.25) is 0 Å². The normalized spacial score (nSPS) is 14.5. The molecule has 9 heteroatoms. The summed E-state index contributed by atoms with van der Waals surface area (Å²) in [6.07, 6.45) is 1.89. The molecular formula is C38H37N3O5S. The van der Waals surface area contributed by atoms with Crippen molar-refractivity contribution in [1.29, 1.82) is 0 Å². The van der Waals surface area contributed by atoms with Gasteiger partial charge >= 0.3 is 0 Å². The highest BCUT2D eigenvalue weighted by Crippen LogP contribution is 2.38. The summed E-state index contributed by atoms with van der Waals surface area (Å²) >= 11 is 1.29. The number of carbonyl (C=O) groups excluding carboxylic acids is 1. The molecule has 8 nitrogen and oxygen atoms in total. The predicted octanol–water partition coefficient (Wildman–Crippen LogP) is 5.85. The largest absolute Gasteiger partial charge is 0.497 e.